The van der Waals surface area contributed by atoms with Crippen molar-refractivity contribution in [3.63, 3.8) is 0 Å². The Hall–Kier alpha value is -1.28. The Bertz CT molecular complexity index is 311. The summed E-state index contributed by atoms with van der Waals surface area (Å²) in [6.07, 6.45) is 2.13. The zero-order chi connectivity index (χ0) is 15.1. The first-order valence-electron chi connectivity index (χ1n) is 7.31. The Morgan fingerprint density at radius 2 is 1.53 bits per heavy atom. The zero-order valence-electron chi connectivity index (χ0n) is 13.8. The van der Waals surface area contributed by atoms with E-state index in [1.807, 2.05) is 20.9 Å². The molecule has 1 rings (SSSR count). The molecular weight excluding hydrogens is 232 g/mol. The summed E-state index contributed by atoms with van der Waals surface area (Å²) < 4.78 is 0. The quantitative estimate of drug-likeness (QED) is 0.816. The summed E-state index contributed by atoms with van der Waals surface area (Å²) in [6.45, 7) is 14.4. The molecule has 0 aromatic heterocycles. The average Bonchev–Trinajstić information content (AvgIpc) is 2.50. The lowest BCUT2D eigenvalue weighted by molar-refractivity contribution is 0.864. The highest BCUT2D eigenvalue weighted by atomic mass is 14.8. The number of hydrogen-bond donors (Lipinski definition) is 2. The van der Waals surface area contributed by atoms with Crippen LogP contribution < -0.4 is 10.6 Å². The van der Waals surface area contributed by atoms with Crippen LogP contribution in [0.1, 0.15) is 47.1 Å². The number of hydrogen-bond acceptors (Lipinski definition) is 2. The van der Waals surface area contributed by atoms with Gasteiger partial charge in [0.1, 0.15) is 0 Å². The van der Waals surface area contributed by atoms with Gasteiger partial charge in [0.05, 0.1) is 0 Å². The third-order valence-corrected chi connectivity index (χ3v) is 2.51. The molecule has 0 aliphatic rings. The van der Waals surface area contributed by atoms with E-state index in [4.69, 9.17) is 0 Å². The maximum Gasteiger partial charge on any atom is 0.0340 e. The molecule has 0 aliphatic carbocycles. The number of allylic oxidation sites excluding steroid dienone is 2. The van der Waals surface area contributed by atoms with Crippen molar-refractivity contribution in [2.45, 2.75) is 41.5 Å². The van der Waals surface area contributed by atoms with Crippen molar-refractivity contribution in [2.75, 3.05) is 25.5 Å². The molecule has 2 nitrogen and oxygen atoms in total. The molecular formula is C17H32N2. The molecule has 0 saturated carbocycles. The van der Waals surface area contributed by atoms with Gasteiger partial charge in [-0.2, -0.15) is 0 Å². The van der Waals surface area contributed by atoms with Crippen LogP contribution in [-0.4, -0.2) is 20.1 Å². The number of nitrogens with one attached hydrogen (secondary N) is 2. The minimum atomic E-state index is 0.974. The molecule has 2 heteroatoms. The van der Waals surface area contributed by atoms with E-state index in [-0.39, 0.29) is 0 Å². The minimum absolute atomic E-state index is 0.974. The highest BCUT2D eigenvalue weighted by Gasteiger charge is 1.93. The highest BCUT2D eigenvalue weighted by molar-refractivity contribution is 5.65. The largest absolute Gasteiger partial charge is 0.385 e. The van der Waals surface area contributed by atoms with E-state index in [1.165, 1.54) is 16.8 Å². The summed E-state index contributed by atoms with van der Waals surface area (Å²) in [7, 11) is 1.93. The molecule has 0 spiro atoms. The normalized spacial score (nSPS) is 9.74. The van der Waals surface area contributed by atoms with Gasteiger partial charge in [-0.1, -0.05) is 39.0 Å². The third kappa shape index (κ3) is 10.3. The standard InChI is InChI=1S/C12H17N.C3H9N.C2H6/c1-4-10(3)11-6-8-12(9-7-11)13-5-2;1-3-4-2;1-2/h4,6-9,13H,5H2,1-3H3;4H,3H2,1-2H3;1-2H3/b10-4+;;. The second kappa shape index (κ2) is 14.8. The first-order chi connectivity index (χ1) is 9.19. The fourth-order valence-corrected chi connectivity index (χ4v) is 1.22. The molecule has 110 valence electrons. The summed E-state index contributed by atoms with van der Waals surface area (Å²) in [4.78, 5) is 0. The topological polar surface area (TPSA) is 24.1 Å². The molecule has 0 saturated heterocycles. The minimum Gasteiger partial charge on any atom is -0.385 e. The molecule has 0 atom stereocenters. The Labute approximate surface area is 120 Å². The first kappa shape index (κ1) is 20.0. The summed E-state index contributed by atoms with van der Waals surface area (Å²) in [6, 6.07) is 8.53. The van der Waals surface area contributed by atoms with Gasteiger partial charge in [0.25, 0.3) is 0 Å². The van der Waals surface area contributed by atoms with Crippen LogP contribution in [0.4, 0.5) is 5.69 Å². The Morgan fingerprint density at radius 3 is 1.84 bits per heavy atom. The molecule has 1 aromatic carbocycles. The van der Waals surface area contributed by atoms with Gasteiger partial charge in [0.2, 0.25) is 0 Å². The van der Waals surface area contributed by atoms with Crippen LogP contribution in [0.25, 0.3) is 5.57 Å². The molecule has 0 bridgehead atoms. The van der Waals surface area contributed by atoms with E-state index in [9.17, 15) is 0 Å². The molecule has 0 amide bonds. The fourth-order valence-electron chi connectivity index (χ4n) is 1.22. The number of rotatable bonds is 4. The summed E-state index contributed by atoms with van der Waals surface area (Å²) >= 11 is 0. The van der Waals surface area contributed by atoms with Crippen molar-refractivity contribution in [1.82, 2.24) is 5.32 Å². The molecule has 2 N–H and O–H groups in total. The van der Waals surface area contributed by atoms with Crippen LogP contribution in [0.2, 0.25) is 0 Å². The van der Waals surface area contributed by atoms with Gasteiger partial charge >= 0.3 is 0 Å². The third-order valence-electron chi connectivity index (χ3n) is 2.51. The SMILES string of the molecule is C/C=C(\C)c1ccc(NCC)cc1.CC.CCNC. The van der Waals surface area contributed by atoms with Gasteiger partial charge in [0.15, 0.2) is 0 Å². The van der Waals surface area contributed by atoms with Crippen LogP contribution in [0.5, 0.6) is 0 Å². The van der Waals surface area contributed by atoms with E-state index in [0.717, 1.165) is 13.1 Å². The Morgan fingerprint density at radius 1 is 1.05 bits per heavy atom. The lowest BCUT2D eigenvalue weighted by Crippen LogP contribution is -2.01. The van der Waals surface area contributed by atoms with Crippen molar-refractivity contribution in [2.24, 2.45) is 0 Å². The van der Waals surface area contributed by atoms with Gasteiger partial charge in [-0.15, -0.1) is 0 Å². The predicted octanol–water partition coefficient (Wildman–Crippen LogP) is 4.79. The lowest BCUT2D eigenvalue weighted by atomic mass is 10.1. The van der Waals surface area contributed by atoms with E-state index in [2.05, 4.69) is 68.7 Å². The summed E-state index contributed by atoms with van der Waals surface area (Å²) in [5.41, 5.74) is 3.81. The molecule has 0 aliphatic heterocycles. The van der Waals surface area contributed by atoms with Gasteiger partial charge < -0.3 is 10.6 Å². The maximum absolute atomic E-state index is 3.27. The fraction of sp³-hybridized carbons (Fsp3) is 0.529. The lowest BCUT2D eigenvalue weighted by Gasteiger charge is -2.04. The molecule has 0 fully saturated rings. The monoisotopic (exact) mass is 264 g/mol. The second-order valence-electron chi connectivity index (χ2n) is 3.79. The van der Waals surface area contributed by atoms with Gasteiger partial charge in [-0.05, 0) is 57.6 Å². The van der Waals surface area contributed by atoms with Crippen molar-refractivity contribution in [3.05, 3.63) is 35.9 Å². The van der Waals surface area contributed by atoms with Crippen LogP contribution in [-0.2, 0) is 0 Å². The Balaban J connectivity index is 0. The second-order valence-corrected chi connectivity index (χ2v) is 3.79. The number of benzene rings is 1. The molecule has 19 heavy (non-hydrogen) atoms. The van der Waals surface area contributed by atoms with E-state index in [0.29, 0.717) is 0 Å². The van der Waals surface area contributed by atoms with Crippen molar-refractivity contribution in [1.29, 1.82) is 0 Å². The van der Waals surface area contributed by atoms with E-state index in [1.54, 1.807) is 0 Å². The molecule has 0 unspecified atom stereocenters. The van der Waals surface area contributed by atoms with Crippen molar-refractivity contribution < 1.29 is 0 Å². The van der Waals surface area contributed by atoms with Gasteiger partial charge in [-0.3, -0.25) is 0 Å². The smallest absolute Gasteiger partial charge is 0.0340 e. The summed E-state index contributed by atoms with van der Waals surface area (Å²) in [5.74, 6) is 0. The molecule has 0 radical (unpaired) electrons. The number of anilines is 1. The first-order valence-corrected chi connectivity index (χ1v) is 7.31. The Kier molecular flexibility index (Phi) is 15.6. The highest BCUT2D eigenvalue weighted by Crippen LogP contribution is 2.16. The summed E-state index contributed by atoms with van der Waals surface area (Å²) in [5, 5.41) is 6.20. The predicted molar refractivity (Wildman–Crippen MR) is 90.9 cm³/mol. The maximum atomic E-state index is 3.27. The van der Waals surface area contributed by atoms with Gasteiger partial charge in [-0.25, -0.2) is 0 Å². The zero-order valence-corrected chi connectivity index (χ0v) is 13.8. The molecule has 0 heterocycles. The van der Waals surface area contributed by atoms with Crippen LogP contribution in [0.3, 0.4) is 0 Å². The van der Waals surface area contributed by atoms with Crippen LogP contribution in [0.15, 0.2) is 30.3 Å². The van der Waals surface area contributed by atoms with Crippen molar-refractivity contribution in [3.8, 4) is 0 Å². The van der Waals surface area contributed by atoms with E-state index >= 15 is 0 Å². The molecule has 1 aromatic rings. The average molecular weight is 264 g/mol. The van der Waals surface area contributed by atoms with Crippen molar-refractivity contribution >= 4 is 11.3 Å². The van der Waals surface area contributed by atoms with Crippen LogP contribution in [0, 0.1) is 0 Å². The van der Waals surface area contributed by atoms with E-state index < -0.39 is 0 Å². The van der Waals surface area contributed by atoms with Gasteiger partial charge in [0, 0.05) is 12.2 Å². The van der Waals surface area contributed by atoms with Crippen LogP contribution >= 0.6 is 0 Å².